The number of methoxy groups -OCH3 is 1. The molecule has 23 heavy (non-hydrogen) atoms. The number of aryl methyl sites for hydroxylation is 1. The number of nitrogens with zero attached hydrogens (tertiary/aromatic N) is 4. The molecule has 0 aliphatic heterocycles. The van der Waals surface area contributed by atoms with Crippen LogP contribution >= 0.6 is 11.8 Å². The van der Waals surface area contributed by atoms with E-state index in [0.717, 1.165) is 17.7 Å². The van der Waals surface area contributed by atoms with E-state index in [-0.39, 0.29) is 5.25 Å². The predicted molar refractivity (Wildman–Crippen MR) is 86.3 cm³/mol. The highest BCUT2D eigenvalue weighted by atomic mass is 32.2. The molecule has 1 aromatic carbocycles. The summed E-state index contributed by atoms with van der Waals surface area (Å²) < 4.78 is 10.4. The van der Waals surface area contributed by atoms with Crippen molar-refractivity contribution in [1.29, 1.82) is 0 Å². The maximum atomic E-state index is 5.24. The summed E-state index contributed by atoms with van der Waals surface area (Å²) in [6.45, 7) is 3.98. The molecule has 0 aliphatic carbocycles. The molecular formula is C15H17N5O2S. The lowest BCUT2D eigenvalue weighted by Gasteiger charge is -2.01. The van der Waals surface area contributed by atoms with Crippen molar-refractivity contribution in [3.63, 3.8) is 0 Å². The van der Waals surface area contributed by atoms with Crippen molar-refractivity contribution in [2.45, 2.75) is 30.7 Å². The number of H-pyrrole nitrogens is 1. The van der Waals surface area contributed by atoms with Gasteiger partial charge in [0.05, 0.1) is 12.4 Å². The van der Waals surface area contributed by atoms with E-state index in [1.807, 2.05) is 38.1 Å². The topological polar surface area (TPSA) is 89.7 Å². The first-order valence-electron chi connectivity index (χ1n) is 7.25. The van der Waals surface area contributed by atoms with Crippen LogP contribution in [0, 0.1) is 0 Å². The molecule has 3 rings (SSSR count). The van der Waals surface area contributed by atoms with Gasteiger partial charge in [-0.2, -0.15) is 4.98 Å². The largest absolute Gasteiger partial charge is 0.497 e. The fraction of sp³-hybridized carbons (Fsp3) is 0.333. The van der Waals surface area contributed by atoms with Crippen LogP contribution in [0.15, 0.2) is 33.9 Å². The second-order valence-electron chi connectivity index (χ2n) is 4.86. The van der Waals surface area contributed by atoms with Gasteiger partial charge in [0, 0.05) is 12.0 Å². The van der Waals surface area contributed by atoms with Gasteiger partial charge in [-0.05, 0) is 31.2 Å². The lowest BCUT2D eigenvalue weighted by molar-refractivity contribution is 0.375. The minimum absolute atomic E-state index is 0.0117. The van der Waals surface area contributed by atoms with Crippen LogP contribution in [-0.4, -0.2) is 32.4 Å². The van der Waals surface area contributed by atoms with E-state index >= 15 is 0 Å². The van der Waals surface area contributed by atoms with Gasteiger partial charge in [0.25, 0.3) is 0 Å². The number of benzene rings is 1. The summed E-state index contributed by atoms with van der Waals surface area (Å²) >= 11 is 1.47. The summed E-state index contributed by atoms with van der Waals surface area (Å²) in [5.41, 5.74) is 0.948. The highest BCUT2D eigenvalue weighted by molar-refractivity contribution is 7.99. The standard InChI is InChI=1S/C15H17N5O2S/c1-4-12-16-14(22-20-12)9(2)23-15-17-13(18-19-15)10-5-7-11(21-3)8-6-10/h5-9H,4H2,1-3H3,(H,17,18,19). The average Bonchev–Trinajstić information content (AvgIpc) is 3.24. The molecule has 2 heterocycles. The average molecular weight is 331 g/mol. The minimum Gasteiger partial charge on any atom is -0.497 e. The molecule has 0 amide bonds. The third-order valence-corrected chi connectivity index (χ3v) is 4.21. The van der Waals surface area contributed by atoms with Crippen LogP contribution in [0.3, 0.4) is 0 Å². The number of hydrogen-bond donors (Lipinski definition) is 1. The number of aromatic nitrogens is 5. The monoisotopic (exact) mass is 331 g/mol. The van der Waals surface area contributed by atoms with Crippen molar-refractivity contribution in [2.24, 2.45) is 0 Å². The summed E-state index contributed by atoms with van der Waals surface area (Å²) in [5.74, 6) is 2.81. The predicted octanol–water partition coefficient (Wildman–Crippen LogP) is 3.28. The molecular weight excluding hydrogens is 314 g/mol. The number of nitrogens with one attached hydrogen (secondary N) is 1. The Bertz CT molecular complexity index is 768. The van der Waals surface area contributed by atoms with Crippen molar-refractivity contribution in [3.05, 3.63) is 36.0 Å². The summed E-state index contributed by atoms with van der Waals surface area (Å²) in [5, 5.41) is 11.7. The number of thioether (sulfide) groups is 1. The van der Waals surface area contributed by atoms with Gasteiger partial charge in [-0.3, -0.25) is 5.10 Å². The van der Waals surface area contributed by atoms with E-state index in [1.54, 1.807) is 7.11 Å². The van der Waals surface area contributed by atoms with E-state index in [1.165, 1.54) is 11.8 Å². The number of hydrogen-bond acceptors (Lipinski definition) is 7. The van der Waals surface area contributed by atoms with E-state index in [4.69, 9.17) is 9.26 Å². The van der Waals surface area contributed by atoms with Gasteiger partial charge < -0.3 is 9.26 Å². The van der Waals surface area contributed by atoms with Gasteiger partial charge in [0.1, 0.15) is 5.75 Å². The zero-order valence-electron chi connectivity index (χ0n) is 13.1. The molecule has 0 saturated heterocycles. The SMILES string of the molecule is CCc1noc(C(C)Sc2n[nH]c(-c3ccc(OC)cc3)n2)n1. The zero-order valence-corrected chi connectivity index (χ0v) is 13.9. The third kappa shape index (κ3) is 3.53. The maximum absolute atomic E-state index is 5.24. The summed E-state index contributed by atoms with van der Waals surface area (Å²) in [7, 11) is 1.64. The summed E-state index contributed by atoms with van der Waals surface area (Å²) in [6.07, 6.45) is 0.753. The molecule has 0 spiro atoms. The second-order valence-corrected chi connectivity index (χ2v) is 6.17. The van der Waals surface area contributed by atoms with Crippen LogP contribution < -0.4 is 4.74 Å². The molecule has 0 fully saturated rings. The van der Waals surface area contributed by atoms with Gasteiger partial charge >= 0.3 is 0 Å². The van der Waals surface area contributed by atoms with Gasteiger partial charge in [0.15, 0.2) is 11.6 Å². The molecule has 0 saturated carbocycles. The van der Waals surface area contributed by atoms with Crippen LogP contribution in [0.25, 0.3) is 11.4 Å². The molecule has 1 N–H and O–H groups in total. The second kappa shape index (κ2) is 6.82. The first kappa shape index (κ1) is 15.5. The van der Waals surface area contributed by atoms with Crippen molar-refractivity contribution in [1.82, 2.24) is 25.3 Å². The van der Waals surface area contributed by atoms with Crippen molar-refractivity contribution in [2.75, 3.05) is 7.11 Å². The molecule has 0 aliphatic rings. The Hall–Kier alpha value is -2.35. The molecule has 7 nitrogen and oxygen atoms in total. The van der Waals surface area contributed by atoms with E-state index < -0.39 is 0 Å². The van der Waals surface area contributed by atoms with E-state index in [9.17, 15) is 0 Å². The number of ether oxygens (including phenoxy) is 1. The smallest absolute Gasteiger partial charge is 0.239 e. The Kier molecular flexibility index (Phi) is 4.61. The van der Waals surface area contributed by atoms with Gasteiger partial charge in [-0.15, -0.1) is 5.10 Å². The van der Waals surface area contributed by atoms with Crippen molar-refractivity contribution < 1.29 is 9.26 Å². The Labute approximate surface area is 137 Å². The van der Waals surface area contributed by atoms with Crippen LogP contribution in [0.1, 0.15) is 30.8 Å². The molecule has 1 atom stereocenters. The van der Waals surface area contributed by atoms with E-state index in [0.29, 0.717) is 22.7 Å². The van der Waals surface area contributed by atoms with Crippen molar-refractivity contribution >= 4 is 11.8 Å². The van der Waals surface area contributed by atoms with E-state index in [2.05, 4.69) is 25.3 Å². The molecule has 8 heteroatoms. The Balaban J connectivity index is 1.70. The first-order valence-corrected chi connectivity index (χ1v) is 8.13. The normalized spacial score (nSPS) is 12.3. The Morgan fingerprint density at radius 1 is 1.26 bits per heavy atom. The van der Waals surface area contributed by atoms with Gasteiger partial charge in [-0.25, -0.2) is 4.98 Å². The molecule has 120 valence electrons. The lowest BCUT2D eigenvalue weighted by Crippen LogP contribution is -1.91. The van der Waals surface area contributed by atoms with Crippen LogP contribution in [0.2, 0.25) is 0 Å². The minimum atomic E-state index is -0.0117. The van der Waals surface area contributed by atoms with Crippen LogP contribution in [0.4, 0.5) is 0 Å². The van der Waals surface area contributed by atoms with Crippen molar-refractivity contribution in [3.8, 4) is 17.1 Å². The highest BCUT2D eigenvalue weighted by Gasteiger charge is 2.18. The molecule has 3 aromatic rings. The maximum Gasteiger partial charge on any atom is 0.239 e. The van der Waals surface area contributed by atoms with Crippen LogP contribution in [-0.2, 0) is 6.42 Å². The number of rotatable bonds is 6. The Morgan fingerprint density at radius 3 is 2.70 bits per heavy atom. The fourth-order valence-corrected chi connectivity index (χ4v) is 2.72. The molecule has 0 bridgehead atoms. The third-order valence-electron chi connectivity index (χ3n) is 3.26. The summed E-state index contributed by atoms with van der Waals surface area (Å²) in [4.78, 5) is 8.82. The lowest BCUT2D eigenvalue weighted by atomic mass is 10.2. The molecule has 0 radical (unpaired) electrons. The molecule has 1 unspecified atom stereocenters. The zero-order chi connectivity index (χ0) is 16.2. The number of aromatic amines is 1. The fourth-order valence-electron chi connectivity index (χ4n) is 1.96. The highest BCUT2D eigenvalue weighted by Crippen LogP contribution is 2.32. The van der Waals surface area contributed by atoms with Gasteiger partial charge in [0.2, 0.25) is 11.0 Å². The molecule has 2 aromatic heterocycles. The quantitative estimate of drug-likeness (QED) is 0.693. The Morgan fingerprint density at radius 2 is 2.04 bits per heavy atom. The van der Waals surface area contributed by atoms with Gasteiger partial charge in [-0.1, -0.05) is 23.8 Å². The van der Waals surface area contributed by atoms with Crippen LogP contribution in [0.5, 0.6) is 5.75 Å². The first-order chi connectivity index (χ1) is 11.2. The summed E-state index contributed by atoms with van der Waals surface area (Å²) in [6, 6.07) is 7.64.